The fourth-order valence-electron chi connectivity index (χ4n) is 1.53. The van der Waals surface area contributed by atoms with E-state index in [1.54, 1.807) is 0 Å². The van der Waals surface area contributed by atoms with E-state index in [1.807, 2.05) is 13.1 Å². The zero-order valence-electron chi connectivity index (χ0n) is 6.89. The highest BCUT2D eigenvalue weighted by atomic mass is 14.9. The first-order chi connectivity index (χ1) is 5.25. The molecule has 58 valence electrons. The maximum atomic E-state index is 4.25. The van der Waals surface area contributed by atoms with Gasteiger partial charge in [-0.25, -0.2) is 0 Å². The number of nitrogens with zero attached hydrogens (tertiary/aromatic N) is 1. The number of aromatic nitrogens is 1. The van der Waals surface area contributed by atoms with E-state index in [1.165, 1.54) is 11.3 Å². The summed E-state index contributed by atoms with van der Waals surface area (Å²) in [6.45, 7) is 4.21. The lowest BCUT2D eigenvalue weighted by molar-refractivity contribution is 0.837. The van der Waals surface area contributed by atoms with Gasteiger partial charge in [0.1, 0.15) is 0 Å². The Bertz CT molecular complexity index is 281. The zero-order valence-corrected chi connectivity index (χ0v) is 6.89. The molecule has 1 aliphatic heterocycles. The van der Waals surface area contributed by atoms with E-state index in [9.17, 15) is 0 Å². The number of anilines is 1. The van der Waals surface area contributed by atoms with E-state index in [0.717, 1.165) is 12.1 Å². The van der Waals surface area contributed by atoms with Crippen LogP contribution in [0.4, 0.5) is 5.69 Å². The Kier molecular flexibility index (Phi) is 1.34. The van der Waals surface area contributed by atoms with Crippen molar-refractivity contribution in [2.24, 2.45) is 0 Å². The fourth-order valence-corrected chi connectivity index (χ4v) is 1.53. The van der Waals surface area contributed by atoms with Crippen molar-refractivity contribution in [3.05, 3.63) is 23.5 Å². The van der Waals surface area contributed by atoms with Gasteiger partial charge in [0.2, 0.25) is 0 Å². The van der Waals surface area contributed by atoms with Crippen molar-refractivity contribution < 1.29 is 0 Å². The zero-order chi connectivity index (χ0) is 7.84. The molecule has 0 aromatic carbocycles. The number of nitrogens with one attached hydrogen (secondary N) is 1. The quantitative estimate of drug-likeness (QED) is 0.606. The van der Waals surface area contributed by atoms with E-state index in [0.29, 0.717) is 6.04 Å². The lowest BCUT2D eigenvalue weighted by atomic mass is 10.2. The molecule has 1 N–H and O–H groups in total. The molecular weight excluding hydrogens is 136 g/mol. The minimum Gasteiger partial charge on any atom is -0.382 e. The van der Waals surface area contributed by atoms with Crippen LogP contribution in [0, 0.1) is 6.92 Å². The highest BCUT2D eigenvalue weighted by molar-refractivity contribution is 5.56. The average Bonchev–Trinajstić information content (AvgIpc) is 2.27. The molecule has 2 nitrogen and oxygen atoms in total. The standard InChI is InChI=1S/C9H12N2/c1-6-4-9-8(5-10-6)3-7(2)11-9/h4-5,7,11H,3H2,1-2H3. The van der Waals surface area contributed by atoms with E-state index in [4.69, 9.17) is 0 Å². The largest absolute Gasteiger partial charge is 0.382 e. The molecule has 1 aliphatic rings. The van der Waals surface area contributed by atoms with Crippen molar-refractivity contribution in [3.8, 4) is 0 Å². The normalized spacial score (nSPS) is 21.1. The first kappa shape index (κ1) is 6.65. The third-order valence-corrected chi connectivity index (χ3v) is 2.05. The lowest BCUT2D eigenvalue weighted by Crippen LogP contribution is -2.08. The highest BCUT2D eigenvalue weighted by Gasteiger charge is 2.15. The second kappa shape index (κ2) is 2.22. The summed E-state index contributed by atoms with van der Waals surface area (Å²) < 4.78 is 0. The molecule has 0 bridgehead atoms. The topological polar surface area (TPSA) is 24.9 Å². The Morgan fingerprint density at radius 2 is 2.45 bits per heavy atom. The van der Waals surface area contributed by atoms with Crippen LogP contribution in [0.2, 0.25) is 0 Å². The molecular formula is C9H12N2. The molecule has 0 aliphatic carbocycles. The van der Waals surface area contributed by atoms with Crippen molar-refractivity contribution in [2.75, 3.05) is 5.32 Å². The van der Waals surface area contributed by atoms with Gasteiger partial charge in [0.25, 0.3) is 0 Å². The Labute approximate surface area is 66.7 Å². The van der Waals surface area contributed by atoms with Crippen molar-refractivity contribution in [3.63, 3.8) is 0 Å². The molecule has 0 fully saturated rings. The summed E-state index contributed by atoms with van der Waals surface area (Å²) in [5.74, 6) is 0. The predicted octanol–water partition coefficient (Wildman–Crippen LogP) is 1.75. The number of pyridine rings is 1. The molecule has 0 radical (unpaired) electrons. The minimum absolute atomic E-state index is 0.577. The van der Waals surface area contributed by atoms with Crippen molar-refractivity contribution in [2.45, 2.75) is 26.3 Å². The maximum Gasteiger partial charge on any atom is 0.0409 e. The molecule has 2 heterocycles. The summed E-state index contributed by atoms with van der Waals surface area (Å²) in [6.07, 6.45) is 3.09. The molecule has 1 atom stereocenters. The van der Waals surface area contributed by atoms with Crippen LogP contribution in [0.5, 0.6) is 0 Å². The van der Waals surface area contributed by atoms with Gasteiger partial charge in [-0.2, -0.15) is 0 Å². The predicted molar refractivity (Wildman–Crippen MR) is 45.8 cm³/mol. The summed E-state index contributed by atoms with van der Waals surface area (Å²) in [7, 11) is 0. The SMILES string of the molecule is Cc1cc2c(cn1)CC(C)N2. The third-order valence-electron chi connectivity index (χ3n) is 2.05. The van der Waals surface area contributed by atoms with Crippen LogP contribution < -0.4 is 5.32 Å². The smallest absolute Gasteiger partial charge is 0.0409 e. The van der Waals surface area contributed by atoms with E-state index < -0.39 is 0 Å². The van der Waals surface area contributed by atoms with Gasteiger partial charge in [-0.15, -0.1) is 0 Å². The van der Waals surface area contributed by atoms with E-state index in [2.05, 4.69) is 23.3 Å². The van der Waals surface area contributed by atoms with Crippen LogP contribution >= 0.6 is 0 Å². The molecule has 1 unspecified atom stereocenters. The molecule has 0 spiro atoms. The number of rotatable bonds is 0. The Balaban J connectivity index is 2.43. The first-order valence-corrected chi connectivity index (χ1v) is 3.98. The third kappa shape index (κ3) is 1.09. The van der Waals surface area contributed by atoms with Crippen LogP contribution in [0.1, 0.15) is 18.2 Å². The first-order valence-electron chi connectivity index (χ1n) is 3.98. The molecule has 2 heteroatoms. The van der Waals surface area contributed by atoms with Crippen LogP contribution in [0.3, 0.4) is 0 Å². The number of aryl methyl sites for hydroxylation is 1. The van der Waals surface area contributed by atoms with Crippen LogP contribution in [0.25, 0.3) is 0 Å². The molecule has 0 saturated heterocycles. The summed E-state index contributed by atoms with van der Waals surface area (Å²) >= 11 is 0. The van der Waals surface area contributed by atoms with Gasteiger partial charge in [-0.05, 0) is 31.9 Å². The summed E-state index contributed by atoms with van der Waals surface area (Å²) in [5.41, 5.74) is 3.71. The van der Waals surface area contributed by atoms with Crippen molar-refractivity contribution >= 4 is 5.69 Å². The van der Waals surface area contributed by atoms with Crippen molar-refractivity contribution in [1.82, 2.24) is 4.98 Å². The van der Waals surface area contributed by atoms with Gasteiger partial charge in [-0.1, -0.05) is 0 Å². The number of hydrogen-bond acceptors (Lipinski definition) is 2. The van der Waals surface area contributed by atoms with Gasteiger partial charge in [0.15, 0.2) is 0 Å². The summed E-state index contributed by atoms with van der Waals surface area (Å²) in [6, 6.07) is 2.69. The summed E-state index contributed by atoms with van der Waals surface area (Å²) in [4.78, 5) is 4.25. The molecule has 2 rings (SSSR count). The van der Waals surface area contributed by atoms with Gasteiger partial charge < -0.3 is 5.32 Å². The van der Waals surface area contributed by atoms with Crippen LogP contribution in [-0.2, 0) is 6.42 Å². The van der Waals surface area contributed by atoms with Crippen molar-refractivity contribution in [1.29, 1.82) is 0 Å². The second-order valence-electron chi connectivity index (χ2n) is 3.23. The molecule has 1 aromatic rings. The minimum atomic E-state index is 0.577. The van der Waals surface area contributed by atoms with Gasteiger partial charge in [0, 0.05) is 23.6 Å². The van der Waals surface area contributed by atoms with Crippen LogP contribution in [0.15, 0.2) is 12.3 Å². The number of fused-ring (bicyclic) bond motifs is 1. The molecule has 1 aromatic heterocycles. The van der Waals surface area contributed by atoms with E-state index >= 15 is 0 Å². The highest BCUT2D eigenvalue weighted by Crippen LogP contribution is 2.24. The molecule has 11 heavy (non-hydrogen) atoms. The average molecular weight is 148 g/mol. The Morgan fingerprint density at radius 3 is 3.27 bits per heavy atom. The number of hydrogen-bond donors (Lipinski definition) is 1. The Hall–Kier alpha value is -1.05. The maximum absolute atomic E-state index is 4.25. The van der Waals surface area contributed by atoms with Crippen LogP contribution in [-0.4, -0.2) is 11.0 Å². The van der Waals surface area contributed by atoms with E-state index in [-0.39, 0.29) is 0 Å². The molecule has 0 saturated carbocycles. The van der Waals surface area contributed by atoms with Gasteiger partial charge >= 0.3 is 0 Å². The second-order valence-corrected chi connectivity index (χ2v) is 3.23. The Morgan fingerprint density at radius 1 is 1.64 bits per heavy atom. The molecule has 0 amide bonds. The van der Waals surface area contributed by atoms with Gasteiger partial charge in [-0.3, -0.25) is 4.98 Å². The lowest BCUT2D eigenvalue weighted by Gasteiger charge is -2.01. The fraction of sp³-hybridized carbons (Fsp3) is 0.444. The monoisotopic (exact) mass is 148 g/mol. The summed E-state index contributed by atoms with van der Waals surface area (Å²) in [5, 5.41) is 3.40. The van der Waals surface area contributed by atoms with Gasteiger partial charge in [0.05, 0.1) is 0 Å².